The third kappa shape index (κ3) is 5.50. The van der Waals surface area contributed by atoms with Crippen LogP contribution in [0.2, 0.25) is 0 Å². The number of amides is 2. The molecule has 0 unspecified atom stereocenters. The number of hydrogen-bond acceptors (Lipinski definition) is 4. The van der Waals surface area contributed by atoms with Gasteiger partial charge in [0, 0.05) is 46.3 Å². The molecule has 0 radical (unpaired) electrons. The second-order valence-electron chi connectivity index (χ2n) is 4.07. The van der Waals surface area contributed by atoms with Crippen molar-refractivity contribution in [2.24, 2.45) is 0 Å². The number of carboxylic acids is 1. The van der Waals surface area contributed by atoms with Gasteiger partial charge in [0.25, 0.3) is 0 Å². The summed E-state index contributed by atoms with van der Waals surface area (Å²) in [6.07, 6.45) is 0. The number of carboxylic acid groups (broad SMARTS) is 1. The van der Waals surface area contributed by atoms with E-state index in [4.69, 9.17) is 5.11 Å². The smallest absolute Gasteiger partial charge is 0.323 e. The number of aliphatic carboxylic acids is 1. The zero-order valence-electron chi connectivity index (χ0n) is 10.1. The van der Waals surface area contributed by atoms with Crippen molar-refractivity contribution in [2.45, 2.75) is 0 Å². The lowest BCUT2D eigenvalue weighted by atomic mass is 10.3. The highest BCUT2D eigenvalue weighted by Gasteiger charge is 2.12. The summed E-state index contributed by atoms with van der Waals surface area (Å²) in [5.74, 6) is -1.01. The second-order valence-corrected chi connectivity index (χ2v) is 4.07. The van der Waals surface area contributed by atoms with Crippen LogP contribution in [0.3, 0.4) is 0 Å². The average Bonchev–Trinajstić information content (AvgIpc) is 2.29. The van der Waals surface area contributed by atoms with E-state index in [0.717, 1.165) is 37.6 Å². The maximum Gasteiger partial charge on any atom is 0.323 e. The third-order valence-corrected chi connectivity index (χ3v) is 2.63. The van der Waals surface area contributed by atoms with Gasteiger partial charge in [0.1, 0.15) is 6.54 Å². The molecule has 7 nitrogen and oxygen atoms in total. The Bertz CT molecular complexity index is 266. The van der Waals surface area contributed by atoms with E-state index >= 15 is 0 Å². The molecule has 1 rings (SSSR count). The molecule has 1 aliphatic rings. The first-order chi connectivity index (χ1) is 8.09. The maximum atomic E-state index is 11.4. The van der Waals surface area contributed by atoms with Gasteiger partial charge in [-0.15, -0.1) is 0 Å². The summed E-state index contributed by atoms with van der Waals surface area (Å²) in [5.41, 5.74) is 0. The van der Waals surface area contributed by atoms with Crippen LogP contribution in [0.5, 0.6) is 0 Å². The average molecular weight is 244 g/mol. The molecule has 98 valence electrons. The summed E-state index contributed by atoms with van der Waals surface area (Å²) in [5, 5.41) is 14.5. The van der Waals surface area contributed by atoms with Crippen molar-refractivity contribution in [1.82, 2.24) is 20.4 Å². The van der Waals surface area contributed by atoms with E-state index in [9.17, 15) is 9.59 Å². The molecule has 3 N–H and O–H groups in total. The molecular weight excluding hydrogens is 224 g/mol. The highest BCUT2D eigenvalue weighted by molar-refractivity contribution is 5.79. The fourth-order valence-corrected chi connectivity index (χ4v) is 1.67. The lowest BCUT2D eigenvalue weighted by molar-refractivity contribution is -0.137. The number of likely N-dealkylation sites (N-methyl/N-ethyl adjacent to an activating group) is 1. The molecule has 0 atom stereocenters. The molecule has 7 heteroatoms. The molecule has 0 bridgehead atoms. The predicted octanol–water partition coefficient (Wildman–Crippen LogP) is -1.38. The summed E-state index contributed by atoms with van der Waals surface area (Å²) < 4.78 is 0. The standard InChI is InChI=1S/C10H20N4O3/c1-13(8-9(15)16)10(17)12-4-7-14-5-2-11-3-6-14/h11H,2-8H2,1H3,(H,12,17)(H,15,16). The first kappa shape index (κ1) is 13.7. The van der Waals surface area contributed by atoms with Crippen molar-refractivity contribution in [3.63, 3.8) is 0 Å². The van der Waals surface area contributed by atoms with Crippen LogP contribution in [-0.2, 0) is 4.79 Å². The molecule has 0 aromatic carbocycles. The fourth-order valence-electron chi connectivity index (χ4n) is 1.67. The summed E-state index contributed by atoms with van der Waals surface area (Å²) >= 11 is 0. The van der Waals surface area contributed by atoms with Crippen molar-refractivity contribution in [2.75, 3.05) is 52.9 Å². The Labute approximate surface area is 101 Å². The van der Waals surface area contributed by atoms with Gasteiger partial charge < -0.3 is 20.6 Å². The molecule has 0 aliphatic carbocycles. The molecule has 1 heterocycles. The second kappa shape index (κ2) is 7.08. The quantitative estimate of drug-likeness (QED) is 0.555. The van der Waals surface area contributed by atoms with Crippen LogP contribution in [0.25, 0.3) is 0 Å². The molecular formula is C10H20N4O3. The number of piperazine rings is 1. The lowest BCUT2D eigenvalue weighted by Gasteiger charge is -2.27. The number of rotatable bonds is 5. The van der Waals surface area contributed by atoms with E-state index in [2.05, 4.69) is 15.5 Å². The summed E-state index contributed by atoms with van der Waals surface area (Å²) in [4.78, 5) is 25.3. The topological polar surface area (TPSA) is 84.9 Å². The first-order valence-corrected chi connectivity index (χ1v) is 5.73. The maximum absolute atomic E-state index is 11.4. The van der Waals surface area contributed by atoms with Gasteiger partial charge in [-0.1, -0.05) is 0 Å². The van der Waals surface area contributed by atoms with E-state index in [1.54, 1.807) is 0 Å². The zero-order valence-corrected chi connectivity index (χ0v) is 10.1. The number of hydrogen-bond donors (Lipinski definition) is 3. The van der Waals surface area contributed by atoms with Gasteiger partial charge in [0.15, 0.2) is 0 Å². The number of nitrogens with one attached hydrogen (secondary N) is 2. The normalized spacial score (nSPS) is 16.5. The van der Waals surface area contributed by atoms with Crippen molar-refractivity contribution in [1.29, 1.82) is 0 Å². The molecule has 1 fully saturated rings. The first-order valence-electron chi connectivity index (χ1n) is 5.73. The van der Waals surface area contributed by atoms with Gasteiger partial charge >= 0.3 is 12.0 Å². The number of carbonyl (C=O) groups excluding carboxylic acids is 1. The van der Waals surface area contributed by atoms with Gasteiger partial charge in [-0.05, 0) is 0 Å². The third-order valence-electron chi connectivity index (χ3n) is 2.63. The molecule has 2 amide bonds. The molecule has 1 aliphatic heterocycles. The predicted molar refractivity (Wildman–Crippen MR) is 63.0 cm³/mol. The Morgan fingerprint density at radius 2 is 2.06 bits per heavy atom. The minimum atomic E-state index is -1.01. The summed E-state index contributed by atoms with van der Waals surface area (Å²) in [7, 11) is 1.47. The lowest BCUT2D eigenvalue weighted by Crippen LogP contribution is -2.47. The van der Waals surface area contributed by atoms with E-state index < -0.39 is 5.97 Å². The number of nitrogens with zero attached hydrogens (tertiary/aromatic N) is 2. The van der Waals surface area contributed by atoms with Gasteiger partial charge in [-0.25, -0.2) is 4.79 Å². The van der Waals surface area contributed by atoms with Gasteiger partial charge in [0.05, 0.1) is 0 Å². The minimum Gasteiger partial charge on any atom is -0.480 e. The van der Waals surface area contributed by atoms with Crippen LogP contribution in [0, 0.1) is 0 Å². The van der Waals surface area contributed by atoms with Crippen LogP contribution >= 0.6 is 0 Å². The summed E-state index contributed by atoms with van der Waals surface area (Å²) in [6, 6.07) is -0.345. The van der Waals surface area contributed by atoms with Crippen LogP contribution in [0.15, 0.2) is 0 Å². The highest BCUT2D eigenvalue weighted by Crippen LogP contribution is 1.90. The minimum absolute atomic E-state index is 0.278. The van der Waals surface area contributed by atoms with Crippen molar-refractivity contribution in [3.05, 3.63) is 0 Å². The van der Waals surface area contributed by atoms with E-state index in [1.165, 1.54) is 7.05 Å². The van der Waals surface area contributed by atoms with E-state index in [0.29, 0.717) is 6.54 Å². The monoisotopic (exact) mass is 244 g/mol. The molecule has 0 saturated carbocycles. The van der Waals surface area contributed by atoms with Crippen molar-refractivity contribution < 1.29 is 14.7 Å². The molecule has 1 saturated heterocycles. The van der Waals surface area contributed by atoms with Gasteiger partial charge in [-0.3, -0.25) is 9.69 Å². The fraction of sp³-hybridized carbons (Fsp3) is 0.800. The van der Waals surface area contributed by atoms with E-state index in [1.807, 2.05) is 0 Å². The molecule has 17 heavy (non-hydrogen) atoms. The van der Waals surface area contributed by atoms with Crippen LogP contribution in [0.1, 0.15) is 0 Å². The molecule has 0 spiro atoms. The Morgan fingerprint density at radius 3 is 2.65 bits per heavy atom. The molecule has 0 aromatic heterocycles. The Hall–Kier alpha value is -1.34. The van der Waals surface area contributed by atoms with Crippen LogP contribution in [0.4, 0.5) is 4.79 Å². The van der Waals surface area contributed by atoms with Crippen molar-refractivity contribution >= 4 is 12.0 Å². The SMILES string of the molecule is CN(CC(=O)O)C(=O)NCCN1CCNCC1. The Morgan fingerprint density at radius 1 is 1.41 bits per heavy atom. The van der Waals surface area contributed by atoms with Crippen LogP contribution < -0.4 is 10.6 Å². The van der Waals surface area contributed by atoms with Crippen molar-refractivity contribution in [3.8, 4) is 0 Å². The highest BCUT2D eigenvalue weighted by atomic mass is 16.4. The largest absolute Gasteiger partial charge is 0.480 e. The number of urea groups is 1. The molecule has 0 aromatic rings. The van der Waals surface area contributed by atoms with Gasteiger partial charge in [0.2, 0.25) is 0 Å². The Kier molecular flexibility index (Phi) is 5.71. The van der Waals surface area contributed by atoms with E-state index in [-0.39, 0.29) is 12.6 Å². The van der Waals surface area contributed by atoms with Gasteiger partial charge in [-0.2, -0.15) is 0 Å². The van der Waals surface area contributed by atoms with Crippen LogP contribution in [-0.4, -0.2) is 79.8 Å². The Balaban J connectivity index is 2.12. The summed E-state index contributed by atoms with van der Waals surface area (Å²) in [6.45, 7) is 5.00. The zero-order chi connectivity index (χ0) is 12.7. The number of carbonyl (C=O) groups is 2.